The average molecular weight is 270 g/mol. The molecule has 5 nitrogen and oxygen atoms in total. The minimum absolute atomic E-state index is 0.144. The molecule has 98 valence electrons. The fraction of sp³-hybridized carbons (Fsp3) is 0.500. The van der Waals surface area contributed by atoms with E-state index in [0.29, 0.717) is 23.2 Å². The summed E-state index contributed by atoms with van der Waals surface area (Å²) in [5.41, 5.74) is 0.826. The van der Waals surface area contributed by atoms with Crippen LogP contribution in [0.15, 0.2) is 18.2 Å². The molecule has 1 atom stereocenters. The zero-order valence-electron chi connectivity index (χ0n) is 10.2. The largest absolute Gasteiger partial charge is 0.312 e. The molecule has 2 rings (SSSR count). The maximum Gasteiger partial charge on any atom is 0.273 e. The Kier molecular flexibility index (Phi) is 4.16. The van der Waals surface area contributed by atoms with Crippen molar-refractivity contribution in [2.24, 2.45) is 0 Å². The van der Waals surface area contributed by atoms with Gasteiger partial charge in [-0.1, -0.05) is 11.6 Å². The molecule has 1 aromatic rings. The van der Waals surface area contributed by atoms with Gasteiger partial charge in [0.15, 0.2) is 0 Å². The van der Waals surface area contributed by atoms with Gasteiger partial charge < -0.3 is 5.32 Å². The number of nitrogens with one attached hydrogen (secondary N) is 1. The zero-order chi connectivity index (χ0) is 13.1. The lowest BCUT2D eigenvalue weighted by Crippen LogP contribution is -2.48. The van der Waals surface area contributed by atoms with E-state index in [1.165, 1.54) is 6.07 Å². The number of rotatable bonds is 3. The lowest BCUT2D eigenvalue weighted by Gasteiger charge is -2.31. The van der Waals surface area contributed by atoms with Crippen LogP contribution >= 0.6 is 11.6 Å². The Morgan fingerprint density at radius 1 is 1.61 bits per heavy atom. The van der Waals surface area contributed by atoms with E-state index >= 15 is 0 Å². The Balaban J connectivity index is 2.16. The van der Waals surface area contributed by atoms with Gasteiger partial charge in [-0.25, -0.2) is 0 Å². The molecule has 0 amide bonds. The molecule has 6 heteroatoms. The lowest BCUT2D eigenvalue weighted by molar-refractivity contribution is -0.385. The van der Waals surface area contributed by atoms with Gasteiger partial charge in [-0.05, 0) is 19.1 Å². The van der Waals surface area contributed by atoms with Crippen LogP contribution in [0.3, 0.4) is 0 Å². The van der Waals surface area contributed by atoms with Gasteiger partial charge >= 0.3 is 0 Å². The van der Waals surface area contributed by atoms with Crippen LogP contribution in [-0.2, 0) is 6.54 Å². The standard InChI is InChI=1S/C12H16ClN3O2/c1-9-7-15(5-4-14-9)8-10-6-11(13)2-3-12(10)16(17)18/h2-3,6,9,14H,4-5,7-8H2,1H3/t9-/m1/s1. The number of hydrogen-bond acceptors (Lipinski definition) is 4. The highest BCUT2D eigenvalue weighted by molar-refractivity contribution is 6.30. The topological polar surface area (TPSA) is 58.4 Å². The van der Waals surface area contributed by atoms with E-state index in [0.717, 1.165) is 19.6 Å². The molecular weight excluding hydrogens is 254 g/mol. The van der Waals surface area contributed by atoms with Crippen molar-refractivity contribution >= 4 is 17.3 Å². The molecule has 1 saturated heterocycles. The molecule has 0 unspecified atom stereocenters. The van der Waals surface area contributed by atoms with Gasteiger partial charge in [0.1, 0.15) is 0 Å². The van der Waals surface area contributed by atoms with Crippen LogP contribution in [0.4, 0.5) is 5.69 Å². The van der Waals surface area contributed by atoms with Crippen LogP contribution in [-0.4, -0.2) is 35.5 Å². The highest BCUT2D eigenvalue weighted by atomic mass is 35.5. The van der Waals surface area contributed by atoms with E-state index in [2.05, 4.69) is 17.1 Å². The number of hydrogen-bond donors (Lipinski definition) is 1. The normalized spacial score (nSPS) is 20.9. The van der Waals surface area contributed by atoms with Crippen LogP contribution in [0.5, 0.6) is 0 Å². The molecule has 1 aliphatic heterocycles. The summed E-state index contributed by atoms with van der Waals surface area (Å²) in [5, 5.41) is 14.9. The van der Waals surface area contributed by atoms with Crippen molar-refractivity contribution < 1.29 is 4.92 Å². The quantitative estimate of drug-likeness (QED) is 0.674. The van der Waals surface area contributed by atoms with Gasteiger partial charge in [-0.15, -0.1) is 0 Å². The van der Waals surface area contributed by atoms with Gasteiger partial charge in [0.2, 0.25) is 0 Å². The Morgan fingerprint density at radius 2 is 2.39 bits per heavy atom. The zero-order valence-corrected chi connectivity index (χ0v) is 11.0. The monoisotopic (exact) mass is 269 g/mol. The lowest BCUT2D eigenvalue weighted by atomic mass is 10.1. The Morgan fingerprint density at radius 3 is 3.06 bits per heavy atom. The highest BCUT2D eigenvalue weighted by Gasteiger charge is 2.20. The molecule has 1 aliphatic rings. The van der Waals surface area contributed by atoms with Gasteiger partial charge in [0.25, 0.3) is 5.69 Å². The second kappa shape index (κ2) is 5.65. The molecule has 18 heavy (non-hydrogen) atoms. The predicted molar refractivity (Wildman–Crippen MR) is 70.8 cm³/mol. The molecule has 1 fully saturated rings. The number of benzene rings is 1. The van der Waals surface area contributed by atoms with E-state index in [-0.39, 0.29) is 10.6 Å². The van der Waals surface area contributed by atoms with Crippen molar-refractivity contribution in [2.75, 3.05) is 19.6 Å². The summed E-state index contributed by atoms with van der Waals surface area (Å²) in [7, 11) is 0. The number of nitro groups is 1. The number of nitro benzene ring substituents is 1. The van der Waals surface area contributed by atoms with Crippen molar-refractivity contribution in [3.05, 3.63) is 38.9 Å². The molecule has 0 aliphatic carbocycles. The summed E-state index contributed by atoms with van der Waals surface area (Å²) < 4.78 is 0. The predicted octanol–water partition coefficient (Wildman–Crippen LogP) is 2.04. The number of piperazine rings is 1. The van der Waals surface area contributed by atoms with Crippen molar-refractivity contribution in [1.82, 2.24) is 10.2 Å². The maximum absolute atomic E-state index is 11.0. The summed E-state index contributed by atoms with van der Waals surface area (Å²) in [4.78, 5) is 12.8. The Hall–Kier alpha value is -1.17. The van der Waals surface area contributed by atoms with E-state index in [1.54, 1.807) is 12.1 Å². The third-order valence-electron chi connectivity index (χ3n) is 3.09. The summed E-state index contributed by atoms with van der Waals surface area (Å²) >= 11 is 5.91. The van der Waals surface area contributed by atoms with Crippen LogP contribution in [0, 0.1) is 10.1 Å². The second-order valence-electron chi connectivity index (χ2n) is 4.62. The fourth-order valence-corrected chi connectivity index (χ4v) is 2.45. The van der Waals surface area contributed by atoms with Gasteiger partial charge in [-0.2, -0.15) is 0 Å². The molecule has 1 N–H and O–H groups in total. The molecule has 0 saturated carbocycles. The number of halogens is 1. The molecule has 0 spiro atoms. The first-order chi connectivity index (χ1) is 8.56. The van der Waals surface area contributed by atoms with Gasteiger partial charge in [0, 0.05) is 48.9 Å². The van der Waals surface area contributed by atoms with Crippen LogP contribution in [0.25, 0.3) is 0 Å². The Bertz CT molecular complexity index is 453. The Labute approximate surface area is 111 Å². The number of nitrogens with zero attached hydrogens (tertiary/aromatic N) is 2. The van der Waals surface area contributed by atoms with E-state index in [4.69, 9.17) is 11.6 Å². The van der Waals surface area contributed by atoms with Crippen LogP contribution < -0.4 is 5.32 Å². The van der Waals surface area contributed by atoms with Crippen molar-refractivity contribution in [1.29, 1.82) is 0 Å². The smallest absolute Gasteiger partial charge is 0.273 e. The van der Waals surface area contributed by atoms with Crippen LogP contribution in [0.2, 0.25) is 5.02 Å². The van der Waals surface area contributed by atoms with Gasteiger partial charge in [-0.3, -0.25) is 15.0 Å². The second-order valence-corrected chi connectivity index (χ2v) is 5.06. The summed E-state index contributed by atoms with van der Waals surface area (Å²) in [6, 6.07) is 5.14. The van der Waals surface area contributed by atoms with E-state index in [9.17, 15) is 10.1 Å². The summed E-state index contributed by atoms with van der Waals surface area (Å²) in [5.74, 6) is 0. The molecule has 0 radical (unpaired) electrons. The third-order valence-corrected chi connectivity index (χ3v) is 3.32. The third kappa shape index (κ3) is 3.19. The van der Waals surface area contributed by atoms with Gasteiger partial charge in [0.05, 0.1) is 4.92 Å². The van der Waals surface area contributed by atoms with Crippen molar-refractivity contribution in [3.63, 3.8) is 0 Å². The maximum atomic E-state index is 11.0. The summed E-state index contributed by atoms with van der Waals surface area (Å²) in [6.45, 7) is 5.38. The molecular formula is C12H16ClN3O2. The van der Waals surface area contributed by atoms with Crippen LogP contribution in [0.1, 0.15) is 12.5 Å². The molecule has 0 bridgehead atoms. The first-order valence-corrected chi connectivity index (χ1v) is 6.32. The first-order valence-electron chi connectivity index (χ1n) is 5.95. The van der Waals surface area contributed by atoms with Crippen molar-refractivity contribution in [2.45, 2.75) is 19.5 Å². The SMILES string of the molecule is C[C@@H]1CN(Cc2cc(Cl)ccc2[N+](=O)[O-])CCN1. The molecule has 1 heterocycles. The summed E-state index contributed by atoms with van der Waals surface area (Å²) in [6.07, 6.45) is 0. The first kappa shape index (κ1) is 13.3. The van der Waals surface area contributed by atoms with E-state index < -0.39 is 0 Å². The fourth-order valence-electron chi connectivity index (χ4n) is 2.26. The average Bonchev–Trinajstić information content (AvgIpc) is 2.28. The molecule has 1 aromatic carbocycles. The van der Waals surface area contributed by atoms with Crippen molar-refractivity contribution in [3.8, 4) is 0 Å². The molecule has 0 aromatic heterocycles. The minimum atomic E-state index is -0.350. The highest BCUT2D eigenvalue weighted by Crippen LogP contribution is 2.24. The minimum Gasteiger partial charge on any atom is -0.312 e. The van der Waals surface area contributed by atoms with E-state index in [1.807, 2.05) is 0 Å².